The summed E-state index contributed by atoms with van der Waals surface area (Å²) >= 11 is 0. The molecule has 4 aromatic rings. The number of nitrogens with zero attached hydrogens (tertiary/aromatic N) is 5. The van der Waals surface area contributed by atoms with Gasteiger partial charge in [-0.25, -0.2) is 4.98 Å². The maximum Gasteiger partial charge on any atom is 0.229 e. The second-order valence-corrected chi connectivity index (χ2v) is 11.3. The van der Waals surface area contributed by atoms with Crippen LogP contribution in [0.4, 0.5) is 11.8 Å². The average molecular weight is 571 g/mol. The Morgan fingerprint density at radius 1 is 1.05 bits per heavy atom. The van der Waals surface area contributed by atoms with Crippen molar-refractivity contribution in [2.75, 3.05) is 29.9 Å². The van der Waals surface area contributed by atoms with Crippen LogP contribution in [-0.2, 0) is 4.79 Å². The third-order valence-corrected chi connectivity index (χ3v) is 8.47. The first-order chi connectivity index (χ1) is 20.4. The van der Waals surface area contributed by atoms with Gasteiger partial charge in [0.25, 0.3) is 0 Å². The molecule has 11 nitrogen and oxygen atoms in total. The number of aromatic nitrogens is 4. The number of fused-ring (bicyclic) bond motifs is 1. The van der Waals surface area contributed by atoms with Gasteiger partial charge in [0, 0.05) is 38.0 Å². The van der Waals surface area contributed by atoms with Gasteiger partial charge in [-0.05, 0) is 24.0 Å². The minimum Gasteiger partial charge on any atom is -0.388 e. The first-order valence-corrected chi connectivity index (χ1v) is 14.7. The summed E-state index contributed by atoms with van der Waals surface area (Å²) in [6.45, 7) is 3.71. The molecule has 5 atom stereocenters. The molecule has 2 aliphatic rings. The number of benzene rings is 2. The van der Waals surface area contributed by atoms with Crippen LogP contribution in [0, 0.1) is 0 Å². The van der Waals surface area contributed by atoms with Gasteiger partial charge in [0.15, 0.2) is 17.0 Å². The Bertz CT molecular complexity index is 1480. The molecule has 0 radical (unpaired) electrons. The van der Waals surface area contributed by atoms with Crippen LogP contribution in [0.3, 0.4) is 0 Å². The number of nitrogens with one attached hydrogen (secondary N) is 2. The molecule has 1 amide bonds. The Morgan fingerprint density at radius 2 is 1.74 bits per heavy atom. The Hall–Kier alpha value is -4.06. The summed E-state index contributed by atoms with van der Waals surface area (Å²) in [6.07, 6.45) is 0.936. The zero-order valence-electron chi connectivity index (χ0n) is 23.7. The molecule has 0 spiro atoms. The van der Waals surface area contributed by atoms with E-state index in [-0.39, 0.29) is 17.9 Å². The van der Waals surface area contributed by atoms with E-state index in [2.05, 4.69) is 44.8 Å². The molecule has 2 aromatic carbocycles. The lowest BCUT2D eigenvalue weighted by Gasteiger charge is -2.22. The van der Waals surface area contributed by atoms with E-state index in [1.54, 1.807) is 17.8 Å². The van der Waals surface area contributed by atoms with Crippen molar-refractivity contribution >= 4 is 28.8 Å². The highest BCUT2D eigenvalue weighted by atomic mass is 16.3. The highest BCUT2D eigenvalue weighted by Gasteiger charge is 2.44. The van der Waals surface area contributed by atoms with Crippen LogP contribution in [0.5, 0.6) is 0 Å². The van der Waals surface area contributed by atoms with Crippen molar-refractivity contribution in [1.82, 2.24) is 24.8 Å². The third-order valence-electron chi connectivity index (χ3n) is 8.47. The van der Waals surface area contributed by atoms with E-state index in [4.69, 9.17) is 15.7 Å². The zero-order chi connectivity index (χ0) is 29.2. The highest BCUT2D eigenvalue weighted by molar-refractivity contribution is 5.84. The SMILES string of the molecule is CCC(=O)N[C@H]1C[C@@H](n2cnc3c(NCC(c4ccccc4)c4ccccc4)nc(N4CCC(N)C4)nc32)[C@H](O)[C@@H]1O. The number of nitrogens with two attached hydrogens (primary N) is 1. The Balaban J connectivity index is 1.36. The monoisotopic (exact) mass is 570 g/mol. The van der Waals surface area contributed by atoms with Crippen LogP contribution < -0.4 is 21.3 Å². The minimum atomic E-state index is -1.10. The predicted octanol–water partition coefficient (Wildman–Crippen LogP) is 2.17. The minimum absolute atomic E-state index is 0.0425. The molecular formula is C31H38N8O3. The largest absolute Gasteiger partial charge is 0.388 e. The first kappa shape index (κ1) is 28.1. The van der Waals surface area contributed by atoms with Crippen LogP contribution in [0.15, 0.2) is 67.0 Å². The molecular weight excluding hydrogens is 532 g/mol. The topological polar surface area (TPSA) is 154 Å². The van der Waals surface area contributed by atoms with Gasteiger partial charge in [-0.3, -0.25) is 4.79 Å². The molecule has 42 heavy (non-hydrogen) atoms. The van der Waals surface area contributed by atoms with Gasteiger partial charge in [0.2, 0.25) is 11.9 Å². The summed E-state index contributed by atoms with van der Waals surface area (Å²) in [5, 5.41) is 28.2. The Labute approximate surface area is 244 Å². The van der Waals surface area contributed by atoms with Crippen LogP contribution in [0.25, 0.3) is 11.2 Å². The normalized spacial score (nSPS) is 24.0. The van der Waals surface area contributed by atoms with E-state index in [1.165, 1.54) is 11.1 Å². The number of hydrogen-bond acceptors (Lipinski definition) is 9. The van der Waals surface area contributed by atoms with E-state index >= 15 is 0 Å². The summed E-state index contributed by atoms with van der Waals surface area (Å²) < 4.78 is 1.81. The fourth-order valence-electron chi connectivity index (χ4n) is 6.11. The summed E-state index contributed by atoms with van der Waals surface area (Å²) in [7, 11) is 0. The second-order valence-electron chi connectivity index (χ2n) is 11.3. The summed E-state index contributed by atoms with van der Waals surface area (Å²) in [4.78, 5) is 28.6. The molecule has 1 saturated carbocycles. The lowest BCUT2D eigenvalue weighted by Crippen LogP contribution is -2.42. The quantitative estimate of drug-likeness (QED) is 0.204. The van der Waals surface area contributed by atoms with Gasteiger partial charge in [-0.1, -0.05) is 67.6 Å². The Morgan fingerprint density at radius 3 is 2.36 bits per heavy atom. The lowest BCUT2D eigenvalue weighted by atomic mass is 9.91. The number of imidazole rings is 1. The molecule has 0 bridgehead atoms. The van der Waals surface area contributed by atoms with E-state index in [1.807, 2.05) is 36.4 Å². The van der Waals surface area contributed by atoms with Crippen LogP contribution in [-0.4, -0.2) is 79.6 Å². The maximum atomic E-state index is 12.1. The second kappa shape index (κ2) is 12.0. The molecule has 6 N–H and O–H groups in total. The van der Waals surface area contributed by atoms with Gasteiger partial charge >= 0.3 is 0 Å². The van der Waals surface area contributed by atoms with Gasteiger partial charge in [0.1, 0.15) is 12.2 Å². The number of carbonyl (C=O) groups is 1. The summed E-state index contributed by atoms with van der Waals surface area (Å²) in [5.41, 5.74) is 9.71. The van der Waals surface area contributed by atoms with Gasteiger partial charge < -0.3 is 36.0 Å². The average Bonchev–Trinajstić information content (AvgIpc) is 3.72. The first-order valence-electron chi connectivity index (χ1n) is 14.7. The molecule has 2 aromatic heterocycles. The Kier molecular flexibility index (Phi) is 8.05. The molecule has 1 saturated heterocycles. The predicted molar refractivity (Wildman–Crippen MR) is 161 cm³/mol. The van der Waals surface area contributed by atoms with E-state index in [9.17, 15) is 15.0 Å². The number of carbonyl (C=O) groups excluding carboxylic acids is 1. The van der Waals surface area contributed by atoms with Crippen molar-refractivity contribution in [1.29, 1.82) is 0 Å². The van der Waals surface area contributed by atoms with Gasteiger partial charge in [-0.15, -0.1) is 0 Å². The number of aliphatic hydroxyl groups is 2. The standard InChI is InChI=1S/C31H38N8O3/c1-2-25(40)35-23-15-24(28(42)27(23)41)39-18-34-26-29(36-31(37-30(26)39)38-14-13-21(32)17-38)33-16-22(19-9-5-3-6-10-19)20-11-7-4-8-12-20/h3-12,18,21-24,27-28,41-42H,2,13-17,32H2,1H3,(H,35,40)(H,33,36,37)/t21?,23-,24+,27+,28-/m0/s1. The molecule has 6 rings (SSSR count). The number of anilines is 2. The third kappa shape index (κ3) is 5.55. The zero-order valence-corrected chi connectivity index (χ0v) is 23.7. The highest BCUT2D eigenvalue weighted by Crippen LogP contribution is 2.35. The smallest absolute Gasteiger partial charge is 0.229 e. The molecule has 3 heterocycles. The maximum absolute atomic E-state index is 12.1. The molecule has 1 aliphatic carbocycles. The van der Waals surface area contributed by atoms with Gasteiger partial charge in [0.05, 0.1) is 18.4 Å². The fourth-order valence-corrected chi connectivity index (χ4v) is 6.11. The molecule has 1 aliphatic heterocycles. The molecule has 1 unspecified atom stereocenters. The van der Waals surface area contributed by atoms with Crippen molar-refractivity contribution in [3.63, 3.8) is 0 Å². The van der Waals surface area contributed by atoms with Crippen molar-refractivity contribution < 1.29 is 15.0 Å². The number of hydrogen-bond donors (Lipinski definition) is 5. The number of amides is 1. The van der Waals surface area contributed by atoms with E-state index in [0.29, 0.717) is 48.9 Å². The van der Waals surface area contributed by atoms with Crippen molar-refractivity contribution in [2.24, 2.45) is 5.73 Å². The van der Waals surface area contributed by atoms with Crippen molar-refractivity contribution in [3.8, 4) is 0 Å². The number of aliphatic hydroxyl groups excluding tert-OH is 2. The van der Waals surface area contributed by atoms with E-state index < -0.39 is 24.3 Å². The molecule has 11 heteroatoms. The van der Waals surface area contributed by atoms with Crippen LogP contribution in [0.2, 0.25) is 0 Å². The summed E-state index contributed by atoms with van der Waals surface area (Å²) in [6, 6.07) is 19.7. The van der Waals surface area contributed by atoms with Crippen molar-refractivity contribution in [2.45, 2.75) is 62.4 Å². The lowest BCUT2D eigenvalue weighted by molar-refractivity contribution is -0.122. The number of rotatable bonds is 9. The van der Waals surface area contributed by atoms with Gasteiger partial charge in [-0.2, -0.15) is 9.97 Å². The fraction of sp³-hybridized carbons (Fsp3) is 0.419. The molecule has 2 fully saturated rings. The molecule has 220 valence electrons. The van der Waals surface area contributed by atoms with Crippen LogP contribution >= 0.6 is 0 Å². The van der Waals surface area contributed by atoms with Crippen LogP contribution in [0.1, 0.15) is 49.3 Å². The summed E-state index contributed by atoms with van der Waals surface area (Å²) in [5.74, 6) is 1.03. The van der Waals surface area contributed by atoms with Crippen molar-refractivity contribution in [3.05, 3.63) is 78.1 Å². The van der Waals surface area contributed by atoms with E-state index in [0.717, 1.165) is 13.0 Å².